The van der Waals surface area contributed by atoms with E-state index >= 15 is 0 Å². The highest BCUT2D eigenvalue weighted by Crippen LogP contribution is 2.42. The number of fused-ring (bicyclic) bond motifs is 4. The lowest BCUT2D eigenvalue weighted by molar-refractivity contribution is -0.142. The van der Waals surface area contributed by atoms with Gasteiger partial charge >= 0.3 is 0 Å². The van der Waals surface area contributed by atoms with Crippen LogP contribution in [0.3, 0.4) is 0 Å². The number of likely N-dealkylation sites (tertiary alicyclic amines) is 1. The summed E-state index contributed by atoms with van der Waals surface area (Å²) < 4.78 is 22.5. The molecule has 4 heterocycles. The van der Waals surface area contributed by atoms with Gasteiger partial charge in [0, 0.05) is 19.6 Å². The molecule has 6 rings (SSSR count). The summed E-state index contributed by atoms with van der Waals surface area (Å²) >= 11 is 0. The maximum absolute atomic E-state index is 13.5. The number of nitrogens with zero attached hydrogens (tertiary/aromatic N) is 2. The second-order valence-electron chi connectivity index (χ2n) is 13.4. The molecular weight excluding hydrogens is 634 g/mol. The number of methoxy groups -OCH3 is 1. The predicted molar refractivity (Wildman–Crippen MR) is 176 cm³/mol. The first kappa shape index (κ1) is 34.3. The van der Waals surface area contributed by atoms with E-state index in [1.54, 1.807) is 20.1 Å². The molecule has 264 valence electrons. The molecule has 4 aliphatic heterocycles. The Labute approximate surface area is 285 Å². The number of hydrogen-bond acceptors (Lipinski definition) is 10. The van der Waals surface area contributed by atoms with Crippen molar-refractivity contribution in [3.63, 3.8) is 0 Å². The Morgan fingerprint density at radius 1 is 1.00 bits per heavy atom. The average Bonchev–Trinajstić information content (AvgIpc) is 3.79. The van der Waals surface area contributed by atoms with Crippen molar-refractivity contribution in [3.05, 3.63) is 47.5 Å². The lowest BCUT2D eigenvalue weighted by Crippen LogP contribution is -2.57. The normalized spacial score (nSPS) is 24.9. The molecule has 14 nitrogen and oxygen atoms in total. The van der Waals surface area contributed by atoms with Gasteiger partial charge in [-0.2, -0.15) is 0 Å². The van der Waals surface area contributed by atoms with E-state index in [2.05, 4.69) is 20.9 Å². The second kappa shape index (κ2) is 14.9. The number of ether oxygens (including phenoxy) is 4. The molecule has 14 heteroatoms. The van der Waals surface area contributed by atoms with Crippen LogP contribution in [0.2, 0.25) is 0 Å². The monoisotopic (exact) mass is 679 g/mol. The third-order valence-electron chi connectivity index (χ3n) is 9.93. The Morgan fingerprint density at radius 2 is 1.82 bits per heavy atom. The molecule has 2 bridgehead atoms. The fourth-order valence-corrected chi connectivity index (χ4v) is 7.22. The lowest BCUT2D eigenvalue weighted by Gasteiger charge is -2.42. The summed E-state index contributed by atoms with van der Waals surface area (Å²) in [6.07, 6.45) is 3.16. The highest BCUT2D eigenvalue weighted by Gasteiger charge is 2.39. The fraction of sp³-hybridized carbons (Fsp3) is 0.543. The van der Waals surface area contributed by atoms with E-state index in [-0.39, 0.29) is 18.8 Å². The van der Waals surface area contributed by atoms with Gasteiger partial charge in [0.2, 0.25) is 30.3 Å². The summed E-state index contributed by atoms with van der Waals surface area (Å²) in [5.41, 5.74) is 1.68. The molecule has 2 aromatic carbocycles. The zero-order valence-corrected chi connectivity index (χ0v) is 28.0. The van der Waals surface area contributed by atoms with Gasteiger partial charge < -0.3 is 44.9 Å². The second-order valence-corrected chi connectivity index (χ2v) is 13.4. The van der Waals surface area contributed by atoms with Crippen LogP contribution in [0.4, 0.5) is 0 Å². The van der Waals surface area contributed by atoms with Gasteiger partial charge in [-0.05, 0) is 92.9 Å². The van der Waals surface area contributed by atoms with Crippen LogP contribution in [0.1, 0.15) is 43.7 Å². The topological polar surface area (TPSA) is 168 Å². The zero-order valence-electron chi connectivity index (χ0n) is 28.0. The van der Waals surface area contributed by atoms with Crippen molar-refractivity contribution in [2.45, 2.75) is 63.7 Å². The van der Waals surface area contributed by atoms with E-state index < -0.39 is 48.4 Å². The van der Waals surface area contributed by atoms with Gasteiger partial charge in [0.1, 0.15) is 23.9 Å². The Hall–Kier alpha value is -4.56. The SMILES string of the molecule is COc1cc(CN2CCC3(CC2)CNC(=O)[C@H](CO)NC(=O)[C@@H]2CCCN2C(=O)[C@H](C)NC(=O)COc2cccc(c2)C3)cc2c1OCO2. The predicted octanol–water partition coefficient (Wildman–Crippen LogP) is 0.730. The van der Waals surface area contributed by atoms with E-state index in [4.69, 9.17) is 18.9 Å². The van der Waals surface area contributed by atoms with Crippen molar-refractivity contribution < 1.29 is 43.2 Å². The summed E-state index contributed by atoms with van der Waals surface area (Å²) in [5.74, 6) is 0.568. The molecule has 1 spiro atoms. The third-order valence-corrected chi connectivity index (χ3v) is 9.93. The van der Waals surface area contributed by atoms with Crippen LogP contribution in [0.15, 0.2) is 36.4 Å². The first-order valence-electron chi connectivity index (χ1n) is 16.9. The Kier molecular flexibility index (Phi) is 10.4. The van der Waals surface area contributed by atoms with Gasteiger partial charge in [-0.25, -0.2) is 0 Å². The Morgan fingerprint density at radius 3 is 2.59 bits per heavy atom. The zero-order chi connectivity index (χ0) is 34.5. The van der Waals surface area contributed by atoms with Crippen LogP contribution in [0.5, 0.6) is 23.0 Å². The van der Waals surface area contributed by atoms with E-state index in [0.717, 1.165) is 37.1 Å². The van der Waals surface area contributed by atoms with Crippen LogP contribution in [0.25, 0.3) is 0 Å². The molecular formula is C35H45N5O9. The summed E-state index contributed by atoms with van der Waals surface area (Å²) in [4.78, 5) is 56.5. The summed E-state index contributed by atoms with van der Waals surface area (Å²) in [6, 6.07) is 8.61. The van der Waals surface area contributed by atoms with Crippen molar-refractivity contribution in [2.75, 3.05) is 53.3 Å². The lowest BCUT2D eigenvalue weighted by atomic mass is 9.73. The van der Waals surface area contributed by atoms with E-state index in [1.807, 2.05) is 30.3 Å². The van der Waals surface area contributed by atoms with E-state index in [0.29, 0.717) is 61.9 Å². The quantitative estimate of drug-likeness (QED) is 0.362. The number of nitrogens with one attached hydrogen (secondary N) is 3. The van der Waals surface area contributed by atoms with Gasteiger partial charge in [0.25, 0.3) is 5.91 Å². The molecule has 3 atom stereocenters. The van der Waals surface area contributed by atoms with Gasteiger partial charge in [0.05, 0.1) is 13.7 Å². The number of piperidine rings is 1. The Balaban J connectivity index is 1.21. The minimum Gasteiger partial charge on any atom is -0.493 e. The maximum atomic E-state index is 13.5. The minimum absolute atomic E-state index is 0.158. The molecule has 2 aromatic rings. The van der Waals surface area contributed by atoms with Crippen molar-refractivity contribution in [1.82, 2.24) is 25.8 Å². The van der Waals surface area contributed by atoms with E-state index in [9.17, 15) is 24.3 Å². The number of hydrogen-bond donors (Lipinski definition) is 4. The number of benzene rings is 2. The number of rotatable bonds is 4. The molecule has 2 fully saturated rings. The maximum Gasteiger partial charge on any atom is 0.258 e. The molecule has 0 aliphatic carbocycles. The molecule has 49 heavy (non-hydrogen) atoms. The number of aliphatic hydroxyl groups is 1. The van der Waals surface area contributed by atoms with Crippen LogP contribution in [-0.4, -0.2) is 110 Å². The summed E-state index contributed by atoms with van der Waals surface area (Å²) in [7, 11) is 1.60. The van der Waals surface area contributed by atoms with Crippen LogP contribution < -0.4 is 34.9 Å². The standard InChI is InChI=1S/C35H45N5O9/c1-22-34(45)40-10-4-7-27(40)33(44)38-26(18-41)32(43)36-20-35(16-23-5-3-6-25(13-23)47-19-30(42)37-22)8-11-39(12-9-35)17-24-14-28(46-2)31-29(15-24)48-21-49-31/h3,5-6,13-15,22,26-27,41H,4,7-12,16-21H2,1-2H3,(H,36,43)(H,37,42)(H,38,44)/t22-,26-,27-/m0/s1. The van der Waals surface area contributed by atoms with Crippen LogP contribution in [0, 0.1) is 5.41 Å². The van der Waals surface area contributed by atoms with Gasteiger partial charge in [-0.1, -0.05) is 12.1 Å². The third kappa shape index (κ3) is 7.86. The van der Waals surface area contributed by atoms with Gasteiger partial charge in [0.15, 0.2) is 18.1 Å². The number of carbonyl (C=O) groups excluding carboxylic acids is 4. The summed E-state index contributed by atoms with van der Waals surface area (Å²) in [6.45, 7) is 3.72. The first-order chi connectivity index (χ1) is 23.7. The largest absolute Gasteiger partial charge is 0.493 e. The van der Waals surface area contributed by atoms with Crippen molar-refractivity contribution in [2.24, 2.45) is 5.41 Å². The molecule has 4 aliphatic rings. The van der Waals surface area contributed by atoms with Crippen molar-refractivity contribution in [1.29, 1.82) is 0 Å². The van der Waals surface area contributed by atoms with E-state index in [1.165, 1.54) is 4.90 Å². The molecule has 0 aromatic heterocycles. The molecule has 0 saturated carbocycles. The fourth-order valence-electron chi connectivity index (χ4n) is 7.22. The number of carbonyl (C=O) groups is 4. The molecule has 0 radical (unpaired) electrons. The Bertz CT molecular complexity index is 1560. The first-order valence-corrected chi connectivity index (χ1v) is 16.9. The molecule has 4 N–H and O–H groups in total. The van der Waals surface area contributed by atoms with Crippen molar-refractivity contribution >= 4 is 23.6 Å². The number of amides is 4. The highest BCUT2D eigenvalue weighted by atomic mass is 16.7. The molecule has 2 saturated heterocycles. The summed E-state index contributed by atoms with van der Waals surface area (Å²) in [5, 5.41) is 18.5. The minimum atomic E-state index is -1.18. The highest BCUT2D eigenvalue weighted by molar-refractivity contribution is 5.94. The molecule has 4 amide bonds. The molecule has 0 unspecified atom stereocenters. The van der Waals surface area contributed by atoms with Crippen LogP contribution in [-0.2, 0) is 32.1 Å². The van der Waals surface area contributed by atoms with Gasteiger partial charge in [-0.15, -0.1) is 0 Å². The smallest absolute Gasteiger partial charge is 0.258 e. The number of aliphatic hydroxyl groups excluding tert-OH is 1. The van der Waals surface area contributed by atoms with Crippen molar-refractivity contribution in [3.8, 4) is 23.0 Å². The van der Waals surface area contributed by atoms with Crippen LogP contribution >= 0.6 is 0 Å². The van der Waals surface area contributed by atoms with Gasteiger partial charge in [-0.3, -0.25) is 24.1 Å². The average molecular weight is 680 g/mol.